The summed E-state index contributed by atoms with van der Waals surface area (Å²) in [4.78, 5) is 41.5. The smallest absolute Gasteiger partial charge is 0.305 e. The summed E-state index contributed by atoms with van der Waals surface area (Å²) in [6.45, 7) is 8.19. The highest BCUT2D eigenvalue weighted by atomic mass is 16.5. The molecule has 0 spiro atoms. The molecule has 0 unspecified atom stereocenters. The van der Waals surface area contributed by atoms with Crippen LogP contribution in [0.5, 0.6) is 0 Å². The first-order valence-corrected chi connectivity index (χ1v) is 14.6. The number of hydrogen-bond acceptors (Lipinski definition) is 7. The van der Waals surface area contributed by atoms with Gasteiger partial charge in [0.25, 0.3) is 0 Å². The predicted molar refractivity (Wildman–Crippen MR) is 174 cm³/mol. The molecule has 0 atom stereocenters. The van der Waals surface area contributed by atoms with Crippen LogP contribution in [-0.4, -0.2) is 53.2 Å². The highest BCUT2D eigenvalue weighted by Gasteiger charge is 2.22. The van der Waals surface area contributed by atoms with Gasteiger partial charge in [0.2, 0.25) is 0 Å². The molecule has 44 heavy (non-hydrogen) atoms. The maximum absolute atomic E-state index is 12.2. The molecule has 0 radical (unpaired) electrons. The van der Waals surface area contributed by atoms with Crippen LogP contribution in [0.3, 0.4) is 0 Å². The molecule has 0 saturated carbocycles. The summed E-state index contributed by atoms with van der Waals surface area (Å²) in [5.74, 6) is -0.562. The molecule has 3 aromatic heterocycles. The van der Waals surface area contributed by atoms with Gasteiger partial charge in [-0.15, -0.1) is 0 Å². The number of hydrogen-bond donors (Lipinski definition) is 2. The lowest BCUT2D eigenvalue weighted by molar-refractivity contribution is -0.141. The number of nitrogens with one attached hydrogen (secondary N) is 2. The standard InChI is InChI=1S/C35H38N4O5/c1-19-14-23-15-28-20(2)24(8-10-34(40)43-6)32(37-28)18-33-25(9-11-35(41)44-7)21(3)29(39-33)17-30-22(4)26(12-13-42-5)31(38-30)16-27(19)36-23/h12-18,36,38H,8-11H2,1-7H3/b13-12-,23-15?,27-16?,28-15?,29-17?,30-17?,31-16?,32-18?,33-18?. The third kappa shape index (κ3) is 6.08. The fraction of sp³-hybridized carbons (Fsp3) is 0.314. The molecule has 0 fully saturated rings. The molecule has 3 aromatic rings. The largest absolute Gasteiger partial charge is 0.504 e. The minimum absolute atomic E-state index is 0.228. The van der Waals surface area contributed by atoms with Gasteiger partial charge < -0.3 is 24.2 Å². The number of carbonyl (C=O) groups is 2. The predicted octanol–water partition coefficient (Wildman–Crippen LogP) is 7.32. The summed E-state index contributed by atoms with van der Waals surface area (Å²) in [5.41, 5.74) is 13.9. The molecular formula is C35H38N4O5. The van der Waals surface area contributed by atoms with Crippen molar-refractivity contribution < 1.29 is 23.8 Å². The Labute approximate surface area is 256 Å². The Morgan fingerprint density at radius 1 is 0.705 bits per heavy atom. The number of fused-ring (bicyclic) bond motifs is 8. The minimum atomic E-state index is -0.284. The third-order valence-corrected chi connectivity index (χ3v) is 8.34. The molecule has 8 bridgehead atoms. The van der Waals surface area contributed by atoms with Crippen LogP contribution in [-0.2, 0) is 23.8 Å². The average Bonchev–Trinajstić information content (AvgIpc) is 3.68. The van der Waals surface area contributed by atoms with Crippen LogP contribution >= 0.6 is 0 Å². The highest BCUT2D eigenvalue weighted by Crippen LogP contribution is 2.38. The second kappa shape index (κ2) is 12.8. The van der Waals surface area contributed by atoms with Crippen LogP contribution in [0.15, 0.2) is 36.6 Å². The number of methoxy groups -OCH3 is 3. The molecular weight excluding hydrogens is 556 g/mol. The Bertz CT molecular complexity index is 1900. The van der Waals surface area contributed by atoms with Crippen LogP contribution in [0, 0.1) is 13.8 Å². The van der Waals surface area contributed by atoms with E-state index in [9.17, 15) is 9.59 Å². The van der Waals surface area contributed by atoms with E-state index < -0.39 is 0 Å². The van der Waals surface area contributed by atoms with E-state index >= 15 is 0 Å². The Hall–Kier alpha value is -4.92. The quantitative estimate of drug-likeness (QED) is 0.207. The van der Waals surface area contributed by atoms with E-state index in [4.69, 9.17) is 24.2 Å². The molecule has 2 aliphatic heterocycles. The number of aryl methyl sites for hydroxylation is 2. The fourth-order valence-corrected chi connectivity index (χ4v) is 5.71. The molecule has 2 N–H and O–H groups in total. The van der Waals surface area contributed by atoms with Gasteiger partial charge in [-0.2, -0.15) is 0 Å². The number of aromatic nitrogens is 4. The number of ether oxygens (including phenoxy) is 3. The van der Waals surface area contributed by atoms with Gasteiger partial charge in [-0.3, -0.25) is 9.59 Å². The van der Waals surface area contributed by atoms with Crippen molar-refractivity contribution in [2.75, 3.05) is 21.3 Å². The minimum Gasteiger partial charge on any atom is -0.504 e. The fourth-order valence-electron chi connectivity index (χ4n) is 5.71. The summed E-state index contributed by atoms with van der Waals surface area (Å²) in [7, 11) is 4.42. The van der Waals surface area contributed by atoms with Crippen molar-refractivity contribution in [1.29, 1.82) is 0 Å². The normalized spacial score (nSPS) is 13.2. The lowest BCUT2D eigenvalue weighted by Gasteiger charge is -2.06. The SMILES string of the molecule is CO/C=C\c1c(C)c2cc3nc(cc4nc(cc5cc(C)c(cc1[nH]2)[nH]5)C(C)=C4CCC(=O)OC)C(CCC(=O)OC)=C3C. The van der Waals surface area contributed by atoms with Gasteiger partial charge in [0.1, 0.15) is 0 Å². The molecule has 9 heteroatoms. The van der Waals surface area contributed by atoms with E-state index in [0.717, 1.165) is 83.8 Å². The number of nitrogens with zero attached hydrogens (tertiary/aromatic N) is 2. The van der Waals surface area contributed by atoms with Crippen LogP contribution in [0.4, 0.5) is 0 Å². The topological polar surface area (TPSA) is 119 Å². The van der Waals surface area contributed by atoms with Crippen molar-refractivity contribution >= 4 is 62.4 Å². The molecule has 9 nitrogen and oxygen atoms in total. The van der Waals surface area contributed by atoms with Gasteiger partial charge in [0.05, 0.1) is 50.4 Å². The summed E-state index contributed by atoms with van der Waals surface area (Å²) < 4.78 is 15.1. The van der Waals surface area contributed by atoms with Crippen molar-refractivity contribution in [1.82, 2.24) is 19.9 Å². The van der Waals surface area contributed by atoms with E-state index in [1.54, 1.807) is 13.4 Å². The second-order valence-electron chi connectivity index (χ2n) is 11.1. The zero-order chi connectivity index (χ0) is 31.5. The summed E-state index contributed by atoms with van der Waals surface area (Å²) >= 11 is 0. The number of carbonyl (C=O) groups excluding carboxylic acids is 2. The zero-order valence-corrected chi connectivity index (χ0v) is 26.3. The Balaban J connectivity index is 1.85. The first-order valence-electron chi connectivity index (χ1n) is 14.6. The molecule has 0 saturated heterocycles. The molecule has 228 valence electrons. The number of H-pyrrole nitrogens is 2. The molecule has 5 heterocycles. The molecule has 2 aliphatic rings. The molecule has 5 rings (SSSR count). The Morgan fingerprint density at radius 3 is 1.86 bits per heavy atom. The zero-order valence-electron chi connectivity index (χ0n) is 26.3. The lowest BCUT2D eigenvalue weighted by atomic mass is 9.98. The number of rotatable bonds is 8. The van der Waals surface area contributed by atoms with Gasteiger partial charge >= 0.3 is 11.9 Å². The van der Waals surface area contributed by atoms with Crippen LogP contribution in [0.2, 0.25) is 0 Å². The number of esters is 2. The van der Waals surface area contributed by atoms with Crippen LogP contribution in [0.1, 0.15) is 79.0 Å². The maximum atomic E-state index is 12.2. The van der Waals surface area contributed by atoms with Crippen molar-refractivity contribution in [2.45, 2.75) is 53.4 Å². The lowest BCUT2D eigenvalue weighted by Crippen LogP contribution is -2.01. The van der Waals surface area contributed by atoms with Gasteiger partial charge in [-0.25, -0.2) is 9.97 Å². The number of allylic oxidation sites excluding steroid dienone is 4. The highest BCUT2D eigenvalue weighted by molar-refractivity contribution is 5.96. The average molecular weight is 595 g/mol. The first-order chi connectivity index (χ1) is 21.1. The van der Waals surface area contributed by atoms with E-state index in [0.29, 0.717) is 12.8 Å². The van der Waals surface area contributed by atoms with Crippen LogP contribution < -0.4 is 0 Å². The van der Waals surface area contributed by atoms with E-state index in [1.165, 1.54) is 14.2 Å². The molecule has 0 amide bonds. The maximum Gasteiger partial charge on any atom is 0.305 e. The van der Waals surface area contributed by atoms with Crippen molar-refractivity contribution in [3.8, 4) is 0 Å². The van der Waals surface area contributed by atoms with Crippen molar-refractivity contribution in [2.24, 2.45) is 0 Å². The Kier molecular flexibility index (Phi) is 8.85. The third-order valence-electron chi connectivity index (χ3n) is 8.34. The van der Waals surface area contributed by atoms with Gasteiger partial charge in [-0.1, -0.05) is 0 Å². The summed E-state index contributed by atoms with van der Waals surface area (Å²) in [6.07, 6.45) is 5.03. The number of aromatic amines is 2. The van der Waals surface area contributed by atoms with E-state index in [-0.39, 0.29) is 24.8 Å². The van der Waals surface area contributed by atoms with Crippen molar-refractivity contribution in [3.63, 3.8) is 0 Å². The second-order valence-corrected chi connectivity index (χ2v) is 11.1. The monoisotopic (exact) mass is 594 g/mol. The summed E-state index contributed by atoms with van der Waals surface area (Å²) in [6, 6.07) is 10.2. The molecule has 0 aliphatic carbocycles. The van der Waals surface area contributed by atoms with Crippen LogP contribution in [0.25, 0.3) is 50.4 Å². The van der Waals surface area contributed by atoms with Crippen molar-refractivity contribution in [3.05, 3.63) is 76.1 Å². The van der Waals surface area contributed by atoms with E-state index in [2.05, 4.69) is 35.9 Å². The summed E-state index contributed by atoms with van der Waals surface area (Å²) in [5, 5.41) is 0. The first kappa shape index (κ1) is 30.5. The molecule has 0 aromatic carbocycles. The van der Waals surface area contributed by atoms with Gasteiger partial charge in [-0.05, 0) is 110 Å². The van der Waals surface area contributed by atoms with E-state index in [1.807, 2.05) is 38.1 Å². The van der Waals surface area contributed by atoms with Gasteiger partial charge in [0, 0.05) is 40.5 Å². The Morgan fingerprint density at radius 2 is 1.30 bits per heavy atom. The van der Waals surface area contributed by atoms with Gasteiger partial charge in [0.15, 0.2) is 0 Å².